The summed E-state index contributed by atoms with van der Waals surface area (Å²) in [4.78, 5) is 13.2. The second-order valence-electron chi connectivity index (χ2n) is 3.78. The topological polar surface area (TPSA) is 50.7 Å². The van der Waals surface area contributed by atoms with Gasteiger partial charge in [0.2, 0.25) is 0 Å². The van der Waals surface area contributed by atoms with Crippen LogP contribution >= 0.6 is 15.9 Å². The first kappa shape index (κ1) is 13.0. The average molecular weight is 307 g/mol. The first-order valence-electron chi connectivity index (χ1n) is 5.97. The maximum absolute atomic E-state index is 4.57. The van der Waals surface area contributed by atoms with Crippen molar-refractivity contribution in [3.05, 3.63) is 34.7 Å². The quantitative estimate of drug-likeness (QED) is 0.941. The molecule has 0 amide bonds. The van der Waals surface area contributed by atoms with E-state index in [1.54, 1.807) is 12.4 Å². The van der Waals surface area contributed by atoms with Crippen LogP contribution in [-0.4, -0.2) is 21.5 Å². The van der Waals surface area contributed by atoms with Gasteiger partial charge in [0.25, 0.3) is 0 Å². The van der Waals surface area contributed by atoms with Gasteiger partial charge in [0.05, 0.1) is 10.2 Å². The van der Waals surface area contributed by atoms with Crippen molar-refractivity contribution in [1.82, 2.24) is 15.0 Å². The Hall–Kier alpha value is -1.49. The summed E-state index contributed by atoms with van der Waals surface area (Å²) in [7, 11) is 0. The van der Waals surface area contributed by atoms with E-state index in [0.717, 1.165) is 34.5 Å². The van der Waals surface area contributed by atoms with Gasteiger partial charge in [-0.25, -0.2) is 9.97 Å². The highest BCUT2D eigenvalue weighted by molar-refractivity contribution is 9.10. The molecule has 0 aliphatic carbocycles. The number of aromatic nitrogens is 3. The van der Waals surface area contributed by atoms with Crippen molar-refractivity contribution in [3.63, 3.8) is 0 Å². The second-order valence-corrected chi connectivity index (χ2v) is 4.58. The smallest absolute Gasteiger partial charge is 0.163 e. The number of nitrogens with zero attached hydrogens (tertiary/aromatic N) is 3. The van der Waals surface area contributed by atoms with Gasteiger partial charge >= 0.3 is 0 Å². The first-order valence-corrected chi connectivity index (χ1v) is 6.76. The van der Waals surface area contributed by atoms with Gasteiger partial charge in [-0.1, -0.05) is 6.92 Å². The Labute approximate surface area is 115 Å². The summed E-state index contributed by atoms with van der Waals surface area (Å²) in [6.07, 6.45) is 4.38. The van der Waals surface area contributed by atoms with Crippen LogP contribution in [0.15, 0.2) is 29.0 Å². The first-order chi connectivity index (χ1) is 8.76. The highest BCUT2D eigenvalue weighted by Crippen LogP contribution is 2.27. The van der Waals surface area contributed by atoms with Gasteiger partial charge in [-0.05, 0) is 41.4 Å². The summed E-state index contributed by atoms with van der Waals surface area (Å²) in [6.45, 7) is 4.95. The number of nitrogens with one attached hydrogen (secondary N) is 1. The van der Waals surface area contributed by atoms with Crippen LogP contribution < -0.4 is 5.32 Å². The number of anilines is 1. The van der Waals surface area contributed by atoms with Gasteiger partial charge < -0.3 is 5.32 Å². The van der Waals surface area contributed by atoms with E-state index in [1.807, 2.05) is 19.1 Å². The summed E-state index contributed by atoms with van der Waals surface area (Å²) in [5.74, 6) is 1.54. The molecule has 0 saturated heterocycles. The standard InChI is InChI=1S/C13H15BrN4/c1-3-10-11(14)13(16-4-2)18-12(17-10)9-6-5-7-15-8-9/h5-8H,3-4H2,1-2H3,(H,16,17,18). The zero-order valence-electron chi connectivity index (χ0n) is 10.4. The minimum Gasteiger partial charge on any atom is -0.369 e. The molecule has 0 aliphatic heterocycles. The molecule has 2 aromatic heterocycles. The SMILES string of the molecule is CCNc1nc(-c2cccnc2)nc(CC)c1Br. The molecule has 2 aromatic rings. The largest absolute Gasteiger partial charge is 0.369 e. The fourth-order valence-electron chi connectivity index (χ4n) is 1.64. The van der Waals surface area contributed by atoms with Crippen LogP contribution in [0, 0.1) is 0 Å². The van der Waals surface area contributed by atoms with Crippen LogP contribution in [0.2, 0.25) is 0 Å². The third-order valence-corrected chi connectivity index (χ3v) is 3.35. The predicted octanol–water partition coefficient (Wildman–Crippen LogP) is 3.30. The van der Waals surface area contributed by atoms with Gasteiger partial charge in [-0.3, -0.25) is 4.98 Å². The van der Waals surface area contributed by atoms with Gasteiger partial charge in [0.1, 0.15) is 5.82 Å². The zero-order chi connectivity index (χ0) is 13.0. The highest BCUT2D eigenvalue weighted by Gasteiger charge is 2.11. The Morgan fingerprint density at radius 2 is 2.11 bits per heavy atom. The molecule has 0 bridgehead atoms. The molecule has 0 atom stereocenters. The van der Waals surface area contributed by atoms with E-state index < -0.39 is 0 Å². The van der Waals surface area contributed by atoms with Gasteiger partial charge in [0, 0.05) is 24.5 Å². The van der Waals surface area contributed by atoms with Crippen molar-refractivity contribution in [2.45, 2.75) is 20.3 Å². The Balaban J connectivity index is 2.52. The van der Waals surface area contributed by atoms with E-state index >= 15 is 0 Å². The third-order valence-electron chi connectivity index (χ3n) is 2.52. The van der Waals surface area contributed by atoms with Crippen molar-refractivity contribution in [2.75, 3.05) is 11.9 Å². The van der Waals surface area contributed by atoms with Crippen molar-refractivity contribution in [3.8, 4) is 11.4 Å². The molecule has 2 rings (SSSR count). The zero-order valence-corrected chi connectivity index (χ0v) is 12.0. The molecule has 0 saturated carbocycles. The highest BCUT2D eigenvalue weighted by atomic mass is 79.9. The molecule has 4 nitrogen and oxygen atoms in total. The lowest BCUT2D eigenvalue weighted by Crippen LogP contribution is -2.05. The molecule has 0 aromatic carbocycles. The summed E-state index contributed by atoms with van der Waals surface area (Å²) in [6, 6.07) is 3.85. The fraction of sp³-hybridized carbons (Fsp3) is 0.308. The number of pyridine rings is 1. The van der Waals surface area contributed by atoms with E-state index in [2.05, 4.69) is 43.1 Å². The molecular formula is C13H15BrN4. The van der Waals surface area contributed by atoms with Crippen LogP contribution in [0.4, 0.5) is 5.82 Å². The van der Waals surface area contributed by atoms with Crippen LogP contribution in [0.5, 0.6) is 0 Å². The van der Waals surface area contributed by atoms with E-state index in [0.29, 0.717) is 5.82 Å². The molecule has 5 heteroatoms. The summed E-state index contributed by atoms with van der Waals surface area (Å²) >= 11 is 3.55. The lowest BCUT2D eigenvalue weighted by Gasteiger charge is -2.11. The third kappa shape index (κ3) is 2.67. The fourth-order valence-corrected chi connectivity index (χ4v) is 2.23. The Bertz CT molecular complexity index is 528. The molecule has 94 valence electrons. The number of halogens is 1. The van der Waals surface area contributed by atoms with Crippen LogP contribution in [-0.2, 0) is 6.42 Å². The van der Waals surface area contributed by atoms with E-state index in [1.165, 1.54) is 0 Å². The van der Waals surface area contributed by atoms with Gasteiger partial charge in [0.15, 0.2) is 5.82 Å². The predicted molar refractivity (Wildman–Crippen MR) is 76.5 cm³/mol. The number of rotatable bonds is 4. The van der Waals surface area contributed by atoms with Crippen molar-refractivity contribution >= 4 is 21.7 Å². The minimum atomic E-state index is 0.708. The summed E-state index contributed by atoms with van der Waals surface area (Å²) < 4.78 is 0.944. The van der Waals surface area contributed by atoms with E-state index in [4.69, 9.17) is 0 Å². The lowest BCUT2D eigenvalue weighted by atomic mass is 10.2. The van der Waals surface area contributed by atoms with Gasteiger partial charge in [-0.15, -0.1) is 0 Å². The van der Waals surface area contributed by atoms with Gasteiger partial charge in [-0.2, -0.15) is 0 Å². The summed E-state index contributed by atoms with van der Waals surface area (Å²) in [5.41, 5.74) is 1.93. The molecule has 0 radical (unpaired) electrons. The molecule has 0 unspecified atom stereocenters. The normalized spacial score (nSPS) is 10.4. The molecule has 0 spiro atoms. The second kappa shape index (κ2) is 5.91. The Morgan fingerprint density at radius 3 is 2.72 bits per heavy atom. The Kier molecular flexibility index (Phi) is 4.25. The monoisotopic (exact) mass is 306 g/mol. The maximum Gasteiger partial charge on any atom is 0.163 e. The van der Waals surface area contributed by atoms with Crippen molar-refractivity contribution in [1.29, 1.82) is 0 Å². The molecular weight excluding hydrogens is 292 g/mol. The van der Waals surface area contributed by atoms with E-state index in [9.17, 15) is 0 Å². The molecule has 2 heterocycles. The minimum absolute atomic E-state index is 0.708. The number of hydrogen-bond acceptors (Lipinski definition) is 4. The van der Waals surface area contributed by atoms with E-state index in [-0.39, 0.29) is 0 Å². The molecule has 0 aliphatic rings. The molecule has 1 N–H and O–H groups in total. The Morgan fingerprint density at radius 1 is 1.28 bits per heavy atom. The maximum atomic E-state index is 4.57. The summed E-state index contributed by atoms with van der Waals surface area (Å²) in [5, 5.41) is 3.24. The molecule has 0 fully saturated rings. The number of hydrogen-bond donors (Lipinski definition) is 1. The lowest BCUT2D eigenvalue weighted by molar-refractivity contribution is 0.983. The van der Waals surface area contributed by atoms with Crippen LogP contribution in [0.3, 0.4) is 0 Å². The number of aryl methyl sites for hydroxylation is 1. The van der Waals surface area contributed by atoms with Crippen molar-refractivity contribution < 1.29 is 0 Å². The van der Waals surface area contributed by atoms with Crippen LogP contribution in [0.1, 0.15) is 19.5 Å². The molecule has 18 heavy (non-hydrogen) atoms. The van der Waals surface area contributed by atoms with Crippen molar-refractivity contribution in [2.24, 2.45) is 0 Å². The van der Waals surface area contributed by atoms with Crippen LogP contribution in [0.25, 0.3) is 11.4 Å². The average Bonchev–Trinajstić information content (AvgIpc) is 2.42.